The molecule has 0 aliphatic heterocycles. The van der Waals surface area contributed by atoms with E-state index in [1.165, 1.54) is 4.90 Å². The normalized spacial score (nSPS) is 11.3. The van der Waals surface area contributed by atoms with Gasteiger partial charge in [0, 0.05) is 38.2 Å². The van der Waals surface area contributed by atoms with Gasteiger partial charge in [0.1, 0.15) is 5.82 Å². The van der Waals surface area contributed by atoms with Crippen LogP contribution in [-0.4, -0.2) is 65.9 Å². The average Bonchev–Trinajstić information content (AvgIpc) is 3.22. The average molecular weight is 487 g/mol. The molecular weight excluding hydrogens is 448 g/mol. The lowest BCUT2D eigenvalue weighted by Crippen LogP contribution is -2.39. The van der Waals surface area contributed by atoms with Gasteiger partial charge in [-0.2, -0.15) is 5.10 Å². The Kier molecular flexibility index (Phi) is 10.4. The predicted molar refractivity (Wildman–Crippen MR) is 135 cm³/mol. The lowest BCUT2D eigenvalue weighted by molar-refractivity contribution is -0.145. The van der Waals surface area contributed by atoms with Crippen molar-refractivity contribution in [3.63, 3.8) is 0 Å². The Labute approximate surface area is 207 Å². The number of benzene rings is 1. The summed E-state index contributed by atoms with van der Waals surface area (Å²) in [6, 6.07) is 9.72. The maximum atomic E-state index is 13.0. The number of methoxy groups -OCH3 is 1. The van der Waals surface area contributed by atoms with Gasteiger partial charge in [-0.3, -0.25) is 14.4 Å². The van der Waals surface area contributed by atoms with E-state index in [-0.39, 0.29) is 43.2 Å². The number of carbonyl (C=O) groups excluding carboxylic acids is 3. The largest absolute Gasteiger partial charge is 0.466 e. The molecule has 0 bridgehead atoms. The van der Waals surface area contributed by atoms with Crippen molar-refractivity contribution in [2.45, 2.75) is 59.3 Å². The van der Waals surface area contributed by atoms with Gasteiger partial charge in [0.25, 0.3) is 0 Å². The first kappa shape index (κ1) is 28.0. The van der Waals surface area contributed by atoms with Gasteiger partial charge in [0.2, 0.25) is 11.8 Å². The monoisotopic (exact) mass is 486 g/mol. The van der Waals surface area contributed by atoms with Crippen LogP contribution in [0.15, 0.2) is 30.3 Å². The van der Waals surface area contributed by atoms with Crippen LogP contribution in [0, 0.1) is 6.92 Å². The molecule has 1 aromatic carbocycles. The minimum atomic E-state index is -0.432. The number of aryl methyl sites for hydroxylation is 1. The maximum absolute atomic E-state index is 13.0. The van der Waals surface area contributed by atoms with E-state index in [4.69, 9.17) is 14.6 Å². The Morgan fingerprint density at radius 2 is 1.80 bits per heavy atom. The van der Waals surface area contributed by atoms with Crippen molar-refractivity contribution in [1.82, 2.24) is 14.7 Å². The molecule has 192 valence electrons. The van der Waals surface area contributed by atoms with E-state index < -0.39 is 5.97 Å². The Bertz CT molecular complexity index is 992. The van der Waals surface area contributed by atoms with Crippen LogP contribution in [0.1, 0.15) is 58.2 Å². The summed E-state index contributed by atoms with van der Waals surface area (Å²) in [5, 5.41) is 7.65. The number of hydrogen-bond acceptors (Lipinski definition) is 6. The summed E-state index contributed by atoms with van der Waals surface area (Å²) < 4.78 is 11.7. The molecule has 9 nitrogen and oxygen atoms in total. The van der Waals surface area contributed by atoms with E-state index >= 15 is 0 Å². The van der Waals surface area contributed by atoms with E-state index in [1.807, 2.05) is 37.3 Å². The van der Waals surface area contributed by atoms with Crippen LogP contribution in [0.2, 0.25) is 0 Å². The molecule has 0 saturated carbocycles. The Morgan fingerprint density at radius 1 is 1.11 bits per heavy atom. The number of esters is 1. The number of amides is 2. The topological polar surface area (TPSA) is 103 Å². The van der Waals surface area contributed by atoms with Gasteiger partial charge in [-0.25, -0.2) is 4.68 Å². The number of ether oxygens (including phenoxy) is 2. The van der Waals surface area contributed by atoms with Crippen LogP contribution >= 0.6 is 0 Å². The lowest BCUT2D eigenvalue weighted by atomic mass is 9.92. The minimum Gasteiger partial charge on any atom is -0.466 e. The van der Waals surface area contributed by atoms with Crippen molar-refractivity contribution in [1.29, 1.82) is 0 Å². The van der Waals surface area contributed by atoms with Crippen LogP contribution in [0.25, 0.3) is 5.69 Å². The summed E-state index contributed by atoms with van der Waals surface area (Å²) >= 11 is 0. The van der Waals surface area contributed by atoms with Crippen molar-refractivity contribution < 1.29 is 23.9 Å². The van der Waals surface area contributed by atoms with Crippen LogP contribution in [0.4, 0.5) is 5.82 Å². The zero-order valence-electron chi connectivity index (χ0n) is 21.7. The van der Waals surface area contributed by atoms with Crippen molar-refractivity contribution >= 4 is 23.6 Å². The molecule has 0 unspecified atom stereocenters. The summed E-state index contributed by atoms with van der Waals surface area (Å²) in [6.45, 7) is 10.8. The molecule has 0 aliphatic rings. The number of carbonyl (C=O) groups is 3. The van der Waals surface area contributed by atoms with Gasteiger partial charge < -0.3 is 19.7 Å². The summed E-state index contributed by atoms with van der Waals surface area (Å²) in [5.74, 6) is -0.536. The second kappa shape index (κ2) is 13.0. The van der Waals surface area contributed by atoms with Crippen LogP contribution in [-0.2, 0) is 29.3 Å². The van der Waals surface area contributed by atoms with Gasteiger partial charge >= 0.3 is 5.97 Å². The summed E-state index contributed by atoms with van der Waals surface area (Å²) in [4.78, 5) is 38.9. The predicted octanol–water partition coefficient (Wildman–Crippen LogP) is 3.63. The highest BCUT2D eigenvalue weighted by Crippen LogP contribution is 2.26. The Hall–Kier alpha value is -3.20. The first-order chi connectivity index (χ1) is 16.5. The molecule has 0 radical (unpaired) electrons. The van der Waals surface area contributed by atoms with Crippen molar-refractivity contribution in [3.05, 3.63) is 41.6 Å². The van der Waals surface area contributed by atoms with Crippen molar-refractivity contribution in [3.8, 4) is 5.69 Å². The molecule has 0 spiro atoms. The SMILES string of the molecule is CCOC(=O)CCC(=O)N(CCCOC)CC(=O)Nc1cc(C(C)(C)C)nn1-c1ccc(C)cc1. The molecule has 1 aromatic heterocycles. The molecule has 0 aliphatic carbocycles. The molecule has 0 fully saturated rings. The van der Waals surface area contributed by atoms with Crippen LogP contribution in [0.3, 0.4) is 0 Å². The third-order valence-electron chi connectivity index (χ3n) is 5.34. The molecule has 2 rings (SSSR count). The van der Waals surface area contributed by atoms with Crippen molar-refractivity contribution in [2.75, 3.05) is 38.7 Å². The Morgan fingerprint density at radius 3 is 2.40 bits per heavy atom. The number of hydrogen-bond donors (Lipinski definition) is 1. The second-order valence-corrected chi connectivity index (χ2v) is 9.43. The first-order valence-electron chi connectivity index (χ1n) is 11.9. The fourth-order valence-corrected chi connectivity index (χ4v) is 3.37. The van der Waals surface area contributed by atoms with Gasteiger partial charge in [-0.1, -0.05) is 38.5 Å². The zero-order valence-corrected chi connectivity index (χ0v) is 21.7. The molecule has 1 N–H and O–H groups in total. The molecule has 2 amide bonds. The summed E-state index contributed by atoms with van der Waals surface area (Å²) in [5.41, 5.74) is 2.56. The van der Waals surface area contributed by atoms with Gasteiger partial charge in [0.05, 0.1) is 31.0 Å². The smallest absolute Gasteiger partial charge is 0.306 e. The number of anilines is 1. The molecular formula is C26H38N4O5. The van der Waals surface area contributed by atoms with Gasteiger partial charge in [0.15, 0.2) is 0 Å². The van der Waals surface area contributed by atoms with E-state index in [0.717, 1.165) is 16.9 Å². The Balaban J connectivity index is 2.19. The first-order valence-corrected chi connectivity index (χ1v) is 11.9. The second-order valence-electron chi connectivity index (χ2n) is 9.43. The van der Waals surface area contributed by atoms with E-state index in [9.17, 15) is 14.4 Å². The minimum absolute atomic E-state index is 0.0193. The van der Waals surface area contributed by atoms with Crippen molar-refractivity contribution in [2.24, 2.45) is 0 Å². The number of nitrogens with zero attached hydrogens (tertiary/aromatic N) is 3. The van der Waals surface area contributed by atoms with E-state index in [2.05, 4.69) is 26.1 Å². The number of nitrogens with one attached hydrogen (secondary N) is 1. The van der Waals surface area contributed by atoms with Gasteiger partial charge in [-0.05, 0) is 32.4 Å². The fourth-order valence-electron chi connectivity index (χ4n) is 3.37. The van der Waals surface area contributed by atoms with Gasteiger partial charge in [-0.15, -0.1) is 0 Å². The highest BCUT2D eigenvalue weighted by atomic mass is 16.5. The quantitative estimate of drug-likeness (QED) is 0.363. The third kappa shape index (κ3) is 8.83. The summed E-state index contributed by atoms with van der Waals surface area (Å²) in [7, 11) is 1.58. The maximum Gasteiger partial charge on any atom is 0.306 e. The summed E-state index contributed by atoms with van der Waals surface area (Å²) in [6.07, 6.45) is 0.531. The molecule has 9 heteroatoms. The third-order valence-corrected chi connectivity index (χ3v) is 5.34. The van der Waals surface area contributed by atoms with E-state index in [0.29, 0.717) is 25.4 Å². The number of rotatable bonds is 12. The lowest BCUT2D eigenvalue weighted by Gasteiger charge is -2.22. The standard InChI is InChI=1S/C26H38N4O5/c1-7-35-25(33)14-13-24(32)29(15-8-16-34-6)18-23(31)27-22-17-21(26(3,4)5)28-30(22)20-11-9-19(2)10-12-20/h9-12,17H,7-8,13-16,18H2,1-6H3,(H,27,31). The highest BCUT2D eigenvalue weighted by molar-refractivity contribution is 5.94. The van der Waals surface area contributed by atoms with Crippen LogP contribution < -0.4 is 5.32 Å². The molecule has 0 saturated heterocycles. The molecule has 35 heavy (non-hydrogen) atoms. The molecule has 2 aromatic rings. The number of aromatic nitrogens is 2. The fraction of sp³-hybridized carbons (Fsp3) is 0.538. The van der Waals surface area contributed by atoms with Crippen LogP contribution in [0.5, 0.6) is 0 Å². The molecule has 0 atom stereocenters. The zero-order chi connectivity index (χ0) is 26.0. The molecule has 1 heterocycles. The van der Waals surface area contributed by atoms with E-state index in [1.54, 1.807) is 18.7 Å². The highest BCUT2D eigenvalue weighted by Gasteiger charge is 2.23.